The zero-order chi connectivity index (χ0) is 14.8. The van der Waals surface area contributed by atoms with Crippen LogP contribution in [-0.2, 0) is 17.8 Å². The standard InChI is InChI=1S/C15H14N2O3S/c1-3-10-14(9(2)20-17-10)15(18)19-8-13-16-11-6-4-5-7-12(11)21-13/h4-7H,3,8H2,1-2H3. The Morgan fingerprint density at radius 3 is 2.95 bits per heavy atom. The van der Waals surface area contributed by atoms with Crippen LogP contribution in [0.2, 0.25) is 0 Å². The molecule has 0 aliphatic heterocycles. The van der Waals surface area contributed by atoms with E-state index in [4.69, 9.17) is 9.26 Å². The molecule has 0 spiro atoms. The maximum absolute atomic E-state index is 12.1. The zero-order valence-corrected chi connectivity index (χ0v) is 12.6. The summed E-state index contributed by atoms with van der Waals surface area (Å²) >= 11 is 1.52. The van der Waals surface area contributed by atoms with Gasteiger partial charge >= 0.3 is 5.97 Å². The Kier molecular flexibility index (Phi) is 3.70. The SMILES string of the molecule is CCc1noc(C)c1C(=O)OCc1nc2ccccc2s1. The quantitative estimate of drug-likeness (QED) is 0.690. The van der Waals surface area contributed by atoms with Crippen molar-refractivity contribution in [1.29, 1.82) is 0 Å². The Balaban J connectivity index is 1.75. The van der Waals surface area contributed by atoms with E-state index in [1.807, 2.05) is 31.2 Å². The summed E-state index contributed by atoms with van der Waals surface area (Å²) in [5, 5.41) is 4.63. The van der Waals surface area contributed by atoms with Gasteiger partial charge in [-0.15, -0.1) is 11.3 Å². The van der Waals surface area contributed by atoms with Crippen LogP contribution >= 0.6 is 11.3 Å². The van der Waals surface area contributed by atoms with Crippen molar-refractivity contribution in [1.82, 2.24) is 10.1 Å². The van der Waals surface area contributed by atoms with Crippen molar-refractivity contribution < 1.29 is 14.1 Å². The Labute approximate surface area is 125 Å². The average Bonchev–Trinajstić information content (AvgIpc) is 3.07. The van der Waals surface area contributed by atoms with E-state index >= 15 is 0 Å². The summed E-state index contributed by atoms with van der Waals surface area (Å²) in [4.78, 5) is 16.6. The molecule has 2 aromatic heterocycles. The summed E-state index contributed by atoms with van der Waals surface area (Å²) in [6.07, 6.45) is 0.628. The molecule has 0 bridgehead atoms. The van der Waals surface area contributed by atoms with Gasteiger partial charge < -0.3 is 9.26 Å². The molecule has 0 unspecified atom stereocenters. The van der Waals surface area contributed by atoms with Gasteiger partial charge in [-0.1, -0.05) is 24.2 Å². The lowest BCUT2D eigenvalue weighted by molar-refractivity contribution is 0.0469. The molecule has 3 rings (SSSR count). The van der Waals surface area contributed by atoms with E-state index < -0.39 is 5.97 Å². The second-order valence-electron chi connectivity index (χ2n) is 4.57. The lowest BCUT2D eigenvalue weighted by atomic mass is 10.1. The molecule has 0 amide bonds. The number of nitrogens with zero attached hydrogens (tertiary/aromatic N) is 2. The van der Waals surface area contributed by atoms with Gasteiger partial charge in [0.15, 0.2) is 0 Å². The van der Waals surface area contributed by atoms with Crippen LogP contribution in [0.5, 0.6) is 0 Å². The fourth-order valence-electron chi connectivity index (χ4n) is 2.10. The van der Waals surface area contributed by atoms with Crippen molar-refractivity contribution in [2.75, 3.05) is 0 Å². The number of hydrogen-bond acceptors (Lipinski definition) is 6. The molecule has 108 valence electrons. The van der Waals surface area contributed by atoms with Gasteiger partial charge in [0.25, 0.3) is 0 Å². The van der Waals surface area contributed by atoms with Gasteiger partial charge in [-0.05, 0) is 25.5 Å². The van der Waals surface area contributed by atoms with Crippen LogP contribution in [0.15, 0.2) is 28.8 Å². The molecule has 21 heavy (non-hydrogen) atoms. The Morgan fingerprint density at radius 1 is 1.38 bits per heavy atom. The molecule has 0 aliphatic rings. The predicted molar refractivity (Wildman–Crippen MR) is 79.4 cm³/mol. The van der Waals surface area contributed by atoms with Crippen LogP contribution < -0.4 is 0 Å². The van der Waals surface area contributed by atoms with Crippen LogP contribution in [-0.4, -0.2) is 16.1 Å². The Hall–Kier alpha value is -2.21. The molecular formula is C15H14N2O3S. The van der Waals surface area contributed by atoms with Gasteiger partial charge in [0, 0.05) is 0 Å². The lowest BCUT2D eigenvalue weighted by Crippen LogP contribution is -2.08. The monoisotopic (exact) mass is 302 g/mol. The van der Waals surface area contributed by atoms with E-state index in [0.29, 0.717) is 23.4 Å². The molecular weight excluding hydrogens is 288 g/mol. The first-order chi connectivity index (χ1) is 10.2. The number of thiazole rings is 1. The summed E-state index contributed by atoms with van der Waals surface area (Å²) in [7, 11) is 0. The van der Waals surface area contributed by atoms with Crippen molar-refractivity contribution in [3.63, 3.8) is 0 Å². The van der Waals surface area contributed by atoms with Crippen LogP contribution in [0.4, 0.5) is 0 Å². The molecule has 6 heteroatoms. The molecule has 1 aromatic carbocycles. The summed E-state index contributed by atoms with van der Waals surface area (Å²) in [5.41, 5.74) is 1.98. The van der Waals surface area contributed by atoms with Gasteiger partial charge in [0.1, 0.15) is 22.9 Å². The van der Waals surface area contributed by atoms with E-state index in [0.717, 1.165) is 15.2 Å². The number of esters is 1. The fraction of sp³-hybridized carbons (Fsp3) is 0.267. The number of carbonyl (C=O) groups is 1. The van der Waals surface area contributed by atoms with Crippen LogP contribution in [0, 0.1) is 6.92 Å². The van der Waals surface area contributed by atoms with Crippen LogP contribution in [0.25, 0.3) is 10.2 Å². The summed E-state index contributed by atoms with van der Waals surface area (Å²) < 4.78 is 11.5. The summed E-state index contributed by atoms with van der Waals surface area (Å²) in [5.74, 6) is 0.0750. The molecule has 0 atom stereocenters. The molecule has 0 aliphatic carbocycles. The Bertz CT molecular complexity index is 758. The van der Waals surface area contributed by atoms with Crippen LogP contribution in [0.1, 0.15) is 33.7 Å². The highest BCUT2D eigenvalue weighted by Crippen LogP contribution is 2.23. The lowest BCUT2D eigenvalue weighted by Gasteiger charge is -2.02. The minimum atomic E-state index is -0.412. The van der Waals surface area contributed by atoms with E-state index in [9.17, 15) is 4.79 Å². The van der Waals surface area contributed by atoms with Gasteiger partial charge in [0.2, 0.25) is 0 Å². The molecule has 5 nitrogen and oxygen atoms in total. The molecule has 3 aromatic rings. The van der Waals surface area contributed by atoms with Crippen molar-refractivity contribution in [2.45, 2.75) is 26.9 Å². The molecule has 0 saturated heterocycles. The van der Waals surface area contributed by atoms with E-state index in [-0.39, 0.29) is 6.61 Å². The Morgan fingerprint density at radius 2 is 2.19 bits per heavy atom. The third kappa shape index (κ3) is 2.67. The van der Waals surface area contributed by atoms with E-state index in [2.05, 4.69) is 10.1 Å². The van der Waals surface area contributed by atoms with Gasteiger partial charge in [-0.2, -0.15) is 0 Å². The molecule has 0 saturated carbocycles. The highest BCUT2D eigenvalue weighted by molar-refractivity contribution is 7.18. The first-order valence-electron chi connectivity index (χ1n) is 6.65. The van der Waals surface area contributed by atoms with Crippen LogP contribution in [0.3, 0.4) is 0 Å². The van der Waals surface area contributed by atoms with Crippen molar-refractivity contribution in [2.24, 2.45) is 0 Å². The van der Waals surface area contributed by atoms with E-state index in [1.54, 1.807) is 6.92 Å². The fourth-order valence-corrected chi connectivity index (χ4v) is 2.98. The first-order valence-corrected chi connectivity index (χ1v) is 7.47. The number of para-hydroxylation sites is 1. The number of benzene rings is 1. The maximum atomic E-state index is 12.1. The smallest absolute Gasteiger partial charge is 0.344 e. The van der Waals surface area contributed by atoms with Crippen molar-refractivity contribution >= 4 is 27.5 Å². The highest BCUT2D eigenvalue weighted by atomic mass is 32.1. The summed E-state index contributed by atoms with van der Waals surface area (Å²) in [6, 6.07) is 7.84. The number of carbonyl (C=O) groups excluding carboxylic acids is 1. The number of rotatable bonds is 4. The number of ether oxygens (including phenoxy) is 1. The summed E-state index contributed by atoms with van der Waals surface area (Å²) in [6.45, 7) is 3.79. The predicted octanol–water partition coefficient (Wildman–Crippen LogP) is 3.51. The van der Waals surface area contributed by atoms with Crippen molar-refractivity contribution in [3.8, 4) is 0 Å². The molecule has 0 radical (unpaired) electrons. The second kappa shape index (κ2) is 5.65. The minimum Gasteiger partial charge on any atom is -0.455 e. The maximum Gasteiger partial charge on any atom is 0.344 e. The molecule has 2 heterocycles. The molecule has 0 N–H and O–H groups in total. The van der Waals surface area contributed by atoms with Gasteiger partial charge in [-0.25, -0.2) is 9.78 Å². The number of aryl methyl sites for hydroxylation is 2. The average molecular weight is 302 g/mol. The molecule has 0 fully saturated rings. The number of fused-ring (bicyclic) bond motifs is 1. The van der Waals surface area contributed by atoms with Crippen molar-refractivity contribution in [3.05, 3.63) is 46.3 Å². The van der Waals surface area contributed by atoms with Gasteiger partial charge in [-0.3, -0.25) is 0 Å². The topological polar surface area (TPSA) is 65.2 Å². The first kappa shape index (κ1) is 13.8. The largest absolute Gasteiger partial charge is 0.455 e. The minimum absolute atomic E-state index is 0.159. The second-order valence-corrected chi connectivity index (χ2v) is 5.68. The van der Waals surface area contributed by atoms with Gasteiger partial charge in [0.05, 0.1) is 15.9 Å². The van der Waals surface area contributed by atoms with E-state index in [1.165, 1.54) is 11.3 Å². The third-order valence-corrected chi connectivity index (χ3v) is 4.15. The number of aromatic nitrogens is 2. The zero-order valence-electron chi connectivity index (χ0n) is 11.8. The highest BCUT2D eigenvalue weighted by Gasteiger charge is 2.21. The number of hydrogen-bond donors (Lipinski definition) is 0. The third-order valence-electron chi connectivity index (χ3n) is 3.14. The normalized spacial score (nSPS) is 11.0.